The Labute approximate surface area is 207 Å². The first-order chi connectivity index (χ1) is 17.1. The number of aliphatic carboxylic acids is 1. The number of benzene rings is 2. The molecular weight excluding hydrogens is 440 g/mol. The minimum Gasteiger partial charge on any atom is -0.481 e. The van der Waals surface area contributed by atoms with E-state index in [-0.39, 0.29) is 23.8 Å². The molecule has 2 aromatic rings. The summed E-state index contributed by atoms with van der Waals surface area (Å²) in [7, 11) is 0. The van der Waals surface area contributed by atoms with Crippen molar-refractivity contribution in [3.63, 3.8) is 0 Å². The van der Waals surface area contributed by atoms with E-state index in [9.17, 15) is 19.8 Å². The van der Waals surface area contributed by atoms with Gasteiger partial charge in [-0.1, -0.05) is 73.5 Å². The third kappa shape index (κ3) is 6.38. The lowest BCUT2D eigenvalue weighted by atomic mass is 9.85. The van der Waals surface area contributed by atoms with Crippen molar-refractivity contribution in [3.8, 4) is 0 Å². The molecule has 0 aromatic heterocycles. The quantitative estimate of drug-likeness (QED) is 0.453. The number of aliphatic hydroxyl groups excluding tert-OH is 1. The number of nitrogens with one attached hydrogen (secondary N) is 2. The van der Waals surface area contributed by atoms with Crippen LogP contribution in [0.3, 0.4) is 0 Å². The molecule has 2 aromatic carbocycles. The molecule has 5 rings (SSSR count). The van der Waals surface area contributed by atoms with E-state index in [0.29, 0.717) is 24.1 Å². The third-order valence-electron chi connectivity index (χ3n) is 7.63. The summed E-state index contributed by atoms with van der Waals surface area (Å²) in [6, 6.07) is 19.6. The van der Waals surface area contributed by atoms with Crippen LogP contribution in [0.25, 0.3) is 0 Å². The van der Waals surface area contributed by atoms with Crippen LogP contribution in [0.4, 0.5) is 0 Å². The monoisotopic (exact) mass is 476 g/mol. The summed E-state index contributed by atoms with van der Waals surface area (Å²) in [6.45, 7) is 1.24. The number of hydrogen-bond acceptors (Lipinski definition) is 4. The number of hydrogen-bond donors (Lipinski definition) is 4. The summed E-state index contributed by atoms with van der Waals surface area (Å²) in [4.78, 5) is 23.5. The molecule has 35 heavy (non-hydrogen) atoms. The summed E-state index contributed by atoms with van der Waals surface area (Å²) in [5.41, 5.74) is 1.89. The molecule has 0 spiro atoms. The van der Waals surface area contributed by atoms with Crippen molar-refractivity contribution in [3.05, 3.63) is 83.9 Å². The van der Waals surface area contributed by atoms with E-state index >= 15 is 0 Å². The fourth-order valence-electron chi connectivity index (χ4n) is 5.72. The summed E-state index contributed by atoms with van der Waals surface area (Å²) in [6.07, 6.45) is 9.77. The highest BCUT2D eigenvalue weighted by molar-refractivity contribution is 5.94. The van der Waals surface area contributed by atoms with Crippen LogP contribution < -0.4 is 10.6 Å². The van der Waals surface area contributed by atoms with Crippen LogP contribution in [-0.4, -0.2) is 40.8 Å². The topological polar surface area (TPSA) is 98.7 Å². The molecule has 2 fully saturated rings. The number of carboxylic acids is 1. The first-order valence-corrected chi connectivity index (χ1v) is 12.7. The van der Waals surface area contributed by atoms with Gasteiger partial charge in [-0.2, -0.15) is 0 Å². The van der Waals surface area contributed by atoms with Crippen LogP contribution in [0.1, 0.15) is 48.0 Å². The number of rotatable bonds is 7. The van der Waals surface area contributed by atoms with Gasteiger partial charge in [0.15, 0.2) is 0 Å². The first-order valence-electron chi connectivity index (χ1n) is 12.7. The number of carbonyl (C=O) groups is 2. The maximum Gasteiger partial charge on any atom is 0.309 e. The summed E-state index contributed by atoms with van der Waals surface area (Å²) in [5.74, 6) is -0.851. The largest absolute Gasteiger partial charge is 0.481 e. The number of aliphatic hydroxyl groups is 1. The Morgan fingerprint density at radius 1 is 0.886 bits per heavy atom. The number of amides is 1. The van der Waals surface area contributed by atoms with E-state index in [2.05, 4.69) is 34.9 Å². The van der Waals surface area contributed by atoms with Crippen LogP contribution in [0.5, 0.6) is 0 Å². The second-order valence-corrected chi connectivity index (χ2v) is 9.88. The Bertz CT molecular complexity index is 994. The van der Waals surface area contributed by atoms with Gasteiger partial charge in [-0.15, -0.1) is 0 Å². The summed E-state index contributed by atoms with van der Waals surface area (Å²) in [5, 5.41) is 25.1. The first kappa shape index (κ1) is 25.1. The lowest BCUT2D eigenvalue weighted by Gasteiger charge is -2.31. The van der Waals surface area contributed by atoms with Crippen molar-refractivity contribution >= 4 is 11.9 Å². The molecule has 0 radical (unpaired) electrons. The molecule has 3 aliphatic carbocycles. The van der Waals surface area contributed by atoms with E-state index < -0.39 is 11.9 Å². The van der Waals surface area contributed by atoms with Crippen molar-refractivity contribution in [2.45, 2.75) is 50.7 Å². The van der Waals surface area contributed by atoms with Gasteiger partial charge in [-0.3, -0.25) is 9.59 Å². The molecule has 0 aliphatic heterocycles. The van der Waals surface area contributed by atoms with E-state index in [1.54, 1.807) is 24.3 Å². The SMILES string of the molecule is O=C(N[C@H]1[C@@H](C(=O)O)[C@H]2C=C[C@@H]1C2)c1ccccc1.OC[C@H]1CCCC[C@H]1NCc1ccccc1. The van der Waals surface area contributed by atoms with Crippen molar-refractivity contribution in [1.82, 2.24) is 10.6 Å². The highest BCUT2D eigenvalue weighted by Gasteiger charge is 2.49. The molecule has 6 heteroatoms. The zero-order valence-corrected chi connectivity index (χ0v) is 20.1. The Kier molecular flexibility index (Phi) is 8.72. The van der Waals surface area contributed by atoms with Crippen molar-refractivity contribution < 1.29 is 19.8 Å². The number of fused-ring (bicyclic) bond motifs is 2. The lowest BCUT2D eigenvalue weighted by molar-refractivity contribution is -0.143. The molecule has 6 nitrogen and oxygen atoms in total. The van der Waals surface area contributed by atoms with Gasteiger partial charge in [0.05, 0.1) is 5.92 Å². The molecule has 2 saturated carbocycles. The van der Waals surface area contributed by atoms with Crippen LogP contribution in [-0.2, 0) is 11.3 Å². The predicted molar refractivity (Wildman–Crippen MR) is 136 cm³/mol. The molecule has 0 saturated heterocycles. The smallest absolute Gasteiger partial charge is 0.309 e. The molecule has 2 bridgehead atoms. The molecule has 186 valence electrons. The maximum absolute atomic E-state index is 12.1. The third-order valence-corrected chi connectivity index (χ3v) is 7.63. The Hall–Kier alpha value is -2.96. The van der Waals surface area contributed by atoms with Crippen LogP contribution >= 0.6 is 0 Å². The Morgan fingerprint density at radius 3 is 2.23 bits per heavy atom. The van der Waals surface area contributed by atoms with E-state index in [1.807, 2.05) is 24.3 Å². The van der Waals surface area contributed by atoms with Crippen LogP contribution in [0.15, 0.2) is 72.8 Å². The predicted octanol–water partition coefficient (Wildman–Crippen LogP) is 4.02. The number of allylic oxidation sites excluding steroid dienone is 1. The Balaban J connectivity index is 0.000000168. The average Bonchev–Trinajstić information content (AvgIpc) is 3.51. The van der Waals surface area contributed by atoms with Gasteiger partial charge in [-0.05, 0) is 54.7 Å². The summed E-state index contributed by atoms with van der Waals surface area (Å²) < 4.78 is 0. The molecular formula is C29H36N2O4. The molecule has 6 atom stereocenters. The molecule has 1 amide bonds. The van der Waals surface area contributed by atoms with Crippen LogP contribution in [0.2, 0.25) is 0 Å². The normalized spacial score (nSPS) is 28.7. The maximum atomic E-state index is 12.1. The average molecular weight is 477 g/mol. The van der Waals surface area contributed by atoms with Gasteiger partial charge in [0.2, 0.25) is 0 Å². The van der Waals surface area contributed by atoms with Gasteiger partial charge in [-0.25, -0.2) is 0 Å². The fraction of sp³-hybridized carbons (Fsp3) is 0.448. The van der Waals surface area contributed by atoms with Gasteiger partial charge in [0.25, 0.3) is 5.91 Å². The Morgan fingerprint density at radius 2 is 1.54 bits per heavy atom. The second-order valence-electron chi connectivity index (χ2n) is 9.88. The highest BCUT2D eigenvalue weighted by Crippen LogP contribution is 2.43. The van der Waals surface area contributed by atoms with E-state index in [4.69, 9.17) is 0 Å². The van der Waals surface area contributed by atoms with Gasteiger partial charge >= 0.3 is 5.97 Å². The molecule has 0 heterocycles. The highest BCUT2D eigenvalue weighted by atomic mass is 16.4. The van der Waals surface area contributed by atoms with Crippen molar-refractivity contribution in [1.29, 1.82) is 0 Å². The number of carbonyl (C=O) groups excluding carboxylic acids is 1. The van der Waals surface area contributed by atoms with Crippen molar-refractivity contribution in [2.24, 2.45) is 23.7 Å². The minimum absolute atomic E-state index is 0.0589. The van der Waals surface area contributed by atoms with E-state index in [1.165, 1.54) is 31.2 Å². The number of carboxylic acid groups (broad SMARTS) is 1. The zero-order valence-electron chi connectivity index (χ0n) is 20.1. The standard InChI is InChI=1S/C15H15NO3.C14H21NO/c17-14(9-4-2-1-3-5-9)16-13-11-7-6-10(8-11)12(13)15(18)19;16-11-13-8-4-5-9-14(13)15-10-12-6-2-1-3-7-12/h1-7,10-13H,8H2,(H,16,17)(H,18,19);1-3,6-7,13-16H,4-5,8-11H2/t10-,11+,12-,13+;13-,14-/m01/s1. The van der Waals surface area contributed by atoms with Crippen molar-refractivity contribution in [2.75, 3.05) is 6.61 Å². The van der Waals surface area contributed by atoms with Gasteiger partial charge in [0, 0.05) is 30.8 Å². The second kappa shape index (κ2) is 12.1. The fourth-order valence-corrected chi connectivity index (χ4v) is 5.72. The molecule has 3 aliphatic rings. The summed E-state index contributed by atoms with van der Waals surface area (Å²) >= 11 is 0. The van der Waals surface area contributed by atoms with Gasteiger partial charge < -0.3 is 20.8 Å². The van der Waals surface area contributed by atoms with Crippen LogP contribution in [0, 0.1) is 23.7 Å². The van der Waals surface area contributed by atoms with Gasteiger partial charge in [0.1, 0.15) is 0 Å². The van der Waals surface area contributed by atoms with E-state index in [0.717, 1.165) is 13.0 Å². The minimum atomic E-state index is -0.824. The zero-order chi connectivity index (χ0) is 24.6. The molecule has 4 N–H and O–H groups in total. The molecule has 0 unspecified atom stereocenters. The lowest BCUT2D eigenvalue weighted by Crippen LogP contribution is -2.45.